The van der Waals surface area contributed by atoms with Gasteiger partial charge >= 0.3 is 0 Å². The summed E-state index contributed by atoms with van der Waals surface area (Å²) >= 11 is 0. The number of fused-ring (bicyclic) bond motifs is 5. The van der Waals surface area contributed by atoms with Crippen LogP contribution in [-0.4, -0.2) is 56.7 Å². The van der Waals surface area contributed by atoms with Gasteiger partial charge in [-0.2, -0.15) is 5.10 Å². The van der Waals surface area contributed by atoms with Crippen LogP contribution < -0.4 is 11.3 Å². The summed E-state index contributed by atoms with van der Waals surface area (Å²) in [6.07, 6.45) is 20.0. The average Bonchev–Trinajstić information content (AvgIpc) is 3.96. The molecular formula is C49H61ClN4O6. The first-order chi connectivity index (χ1) is 28.0. The number of carbonyl (C=O) groups excluding carboxylic acids is 1. The number of carbonyl (C=O) groups is 1. The predicted molar refractivity (Wildman–Crippen MR) is 242 cm³/mol. The first kappa shape index (κ1) is 46.3. The molecule has 0 unspecified atom stereocenters. The Labute approximate surface area is 361 Å². The van der Waals surface area contributed by atoms with Crippen molar-refractivity contribution in [2.24, 2.45) is 16.7 Å². The number of ether oxygens (including phenoxy) is 4. The monoisotopic (exact) mass is 836 g/mol. The summed E-state index contributed by atoms with van der Waals surface area (Å²) in [5.41, 5.74) is 9.10. The summed E-state index contributed by atoms with van der Waals surface area (Å²) in [6.45, 7) is 19.8. The molecule has 9 rings (SSSR count). The molecule has 0 radical (unpaired) electrons. The summed E-state index contributed by atoms with van der Waals surface area (Å²) < 4.78 is 27.7. The minimum absolute atomic E-state index is 0. The number of aliphatic hydroxyl groups is 1. The number of nitrogen functional groups attached to an aromatic ring is 1. The van der Waals surface area contributed by atoms with Crippen LogP contribution in [0.15, 0.2) is 147 Å². The number of benzene rings is 2. The Morgan fingerprint density at radius 2 is 1.23 bits per heavy atom. The van der Waals surface area contributed by atoms with Gasteiger partial charge in [0, 0.05) is 34.9 Å². The Bertz CT molecular complexity index is 2100. The largest absolute Gasteiger partial charge is 0.515 e. The number of hydrogen-bond acceptors (Lipinski definition) is 9. The Morgan fingerprint density at radius 3 is 1.68 bits per heavy atom. The third-order valence-electron chi connectivity index (χ3n) is 12.9. The first-order valence-corrected chi connectivity index (χ1v) is 20.2. The van der Waals surface area contributed by atoms with Crippen molar-refractivity contribution in [1.29, 1.82) is 0 Å². The van der Waals surface area contributed by atoms with Gasteiger partial charge in [-0.25, -0.2) is 4.68 Å². The van der Waals surface area contributed by atoms with Crippen LogP contribution in [-0.2, 0) is 30.2 Å². The standard InChI is InChI=1S/C24H26N2O2.C18H22O4.C6H8N2.CH4.ClH/c1-4-21-22(5-2)28-24(27-21)13-9-10-18-14-20-17(15-23(18,24)3)16-25-26(20)19-11-7-6-8-12-19;1-4-15-16(5-2)22-18(21-15)8-6-7-13-9-14(20)12(11-19)10-17(13,18)3;7-8-6-4-2-1-3-5-6;;/h4-8,11-12,14,16,21-22H,1-2,9-10,13,15H2,3H3;4-5,9,11,15-16,19H,1-2,6-8,10H2,3H3;1-5,8H,7H2;1H4;1H/b;12-11-;;;/t21-,22-,23+;15-,16-,17+;;;/m11.../s1. The number of anilines is 1. The number of allylic oxidation sites excluding steroid dienone is 2. The molecule has 1 aromatic heterocycles. The summed E-state index contributed by atoms with van der Waals surface area (Å²) in [4.78, 5) is 12.0. The van der Waals surface area contributed by atoms with Crippen molar-refractivity contribution in [1.82, 2.24) is 9.78 Å². The molecule has 6 atom stereocenters. The lowest BCUT2D eigenvalue weighted by Crippen LogP contribution is -2.53. The van der Waals surface area contributed by atoms with E-state index in [1.807, 2.05) is 71.6 Å². The van der Waals surface area contributed by atoms with Crippen molar-refractivity contribution in [3.63, 3.8) is 0 Å². The number of nitrogens with zero attached hydrogens (tertiary/aromatic N) is 2. The van der Waals surface area contributed by atoms with Crippen molar-refractivity contribution in [3.8, 4) is 5.69 Å². The van der Waals surface area contributed by atoms with E-state index in [1.54, 1.807) is 18.2 Å². The van der Waals surface area contributed by atoms with Gasteiger partial charge in [-0.3, -0.25) is 10.6 Å². The van der Waals surface area contributed by atoms with E-state index in [0.717, 1.165) is 68.2 Å². The zero-order valence-corrected chi connectivity index (χ0v) is 34.9. The first-order valence-electron chi connectivity index (χ1n) is 20.2. The Morgan fingerprint density at radius 1 is 0.767 bits per heavy atom. The second kappa shape index (κ2) is 18.8. The highest BCUT2D eigenvalue weighted by Crippen LogP contribution is 2.60. The maximum absolute atomic E-state index is 12.0. The third kappa shape index (κ3) is 8.05. The maximum Gasteiger partial charge on any atom is 0.184 e. The van der Waals surface area contributed by atoms with Crippen LogP contribution >= 0.6 is 12.4 Å². The van der Waals surface area contributed by atoms with Crippen molar-refractivity contribution < 1.29 is 28.8 Å². The number of halogens is 1. The highest BCUT2D eigenvalue weighted by Gasteiger charge is 2.62. The van der Waals surface area contributed by atoms with Crippen LogP contribution in [0.1, 0.15) is 77.5 Å². The average molecular weight is 838 g/mol. The number of rotatable bonds is 6. The van der Waals surface area contributed by atoms with Gasteiger partial charge in [0.2, 0.25) is 0 Å². The molecular weight excluding hydrogens is 776 g/mol. The summed E-state index contributed by atoms with van der Waals surface area (Å²) in [6, 6.07) is 19.9. The fraction of sp³-hybridized carbons (Fsp3) is 0.388. The van der Waals surface area contributed by atoms with Crippen LogP contribution in [0.25, 0.3) is 11.8 Å². The molecule has 4 aliphatic carbocycles. The molecule has 4 fully saturated rings. The highest BCUT2D eigenvalue weighted by atomic mass is 35.5. The van der Waals surface area contributed by atoms with Gasteiger partial charge < -0.3 is 29.5 Å². The normalized spacial score (nSPS) is 29.5. The molecule has 10 nitrogen and oxygen atoms in total. The van der Waals surface area contributed by atoms with Crippen LogP contribution in [0.5, 0.6) is 0 Å². The number of hydrogen-bond donors (Lipinski definition) is 3. The highest BCUT2D eigenvalue weighted by molar-refractivity contribution is 6.05. The van der Waals surface area contributed by atoms with Gasteiger partial charge in [0.15, 0.2) is 17.4 Å². The molecule has 3 heterocycles. The maximum atomic E-state index is 12.0. The van der Waals surface area contributed by atoms with E-state index in [9.17, 15) is 9.90 Å². The second-order valence-electron chi connectivity index (χ2n) is 16.2. The van der Waals surface area contributed by atoms with Crippen LogP contribution in [0.2, 0.25) is 0 Å². The molecule has 2 saturated carbocycles. The summed E-state index contributed by atoms with van der Waals surface area (Å²) in [7, 11) is 0. The van der Waals surface area contributed by atoms with Crippen molar-refractivity contribution in [3.05, 3.63) is 158 Å². The quantitative estimate of drug-likeness (QED) is 0.0730. The number of aliphatic hydroxyl groups excluding tert-OH is 1. The molecule has 2 spiro atoms. The molecule has 2 aliphatic heterocycles. The number of hydrazine groups is 1. The fourth-order valence-corrected chi connectivity index (χ4v) is 9.63. The number of ketones is 1. The molecule has 60 heavy (non-hydrogen) atoms. The van der Waals surface area contributed by atoms with Gasteiger partial charge in [-0.1, -0.05) is 93.1 Å². The van der Waals surface area contributed by atoms with Crippen molar-refractivity contribution >= 4 is 30.0 Å². The molecule has 2 saturated heterocycles. The fourth-order valence-electron chi connectivity index (χ4n) is 9.63. The summed E-state index contributed by atoms with van der Waals surface area (Å²) in [5.74, 6) is 3.54. The van der Waals surface area contributed by atoms with E-state index in [0.29, 0.717) is 12.0 Å². The van der Waals surface area contributed by atoms with E-state index < -0.39 is 17.0 Å². The van der Waals surface area contributed by atoms with E-state index in [2.05, 4.69) is 63.8 Å². The molecule has 11 heteroatoms. The van der Waals surface area contributed by atoms with E-state index >= 15 is 0 Å². The molecule has 0 amide bonds. The minimum Gasteiger partial charge on any atom is -0.515 e. The number of nitrogens with one attached hydrogen (secondary N) is 1. The predicted octanol–water partition coefficient (Wildman–Crippen LogP) is 10.3. The van der Waals surface area contributed by atoms with Crippen LogP contribution in [0.4, 0.5) is 5.69 Å². The molecule has 6 aliphatic rings. The lowest BCUT2D eigenvalue weighted by atomic mass is 9.61. The second-order valence-corrected chi connectivity index (χ2v) is 16.2. The lowest BCUT2D eigenvalue weighted by Gasteiger charge is -2.51. The van der Waals surface area contributed by atoms with E-state index in [1.165, 1.54) is 16.8 Å². The zero-order chi connectivity index (χ0) is 41.1. The molecule has 0 bridgehead atoms. The Kier molecular flexibility index (Phi) is 14.5. The zero-order valence-electron chi connectivity index (χ0n) is 34.1. The van der Waals surface area contributed by atoms with E-state index in [4.69, 9.17) is 29.9 Å². The summed E-state index contributed by atoms with van der Waals surface area (Å²) in [5, 5.41) is 14.1. The molecule has 3 aromatic rings. The molecule has 320 valence electrons. The van der Waals surface area contributed by atoms with Crippen LogP contribution in [0, 0.1) is 10.8 Å². The third-order valence-corrected chi connectivity index (χ3v) is 12.9. The van der Waals surface area contributed by atoms with Gasteiger partial charge in [0.05, 0.1) is 23.8 Å². The smallest absolute Gasteiger partial charge is 0.184 e. The van der Waals surface area contributed by atoms with Crippen molar-refractivity contribution in [2.75, 3.05) is 5.43 Å². The number of para-hydroxylation sites is 2. The Balaban J connectivity index is 0.000000190. The molecule has 4 N–H and O–H groups in total. The van der Waals surface area contributed by atoms with Gasteiger partial charge in [-0.15, -0.1) is 38.7 Å². The lowest BCUT2D eigenvalue weighted by molar-refractivity contribution is -0.244. The van der Waals surface area contributed by atoms with Gasteiger partial charge in [0.25, 0.3) is 0 Å². The van der Waals surface area contributed by atoms with Gasteiger partial charge in [-0.05, 0) is 80.5 Å². The number of nitrogens with two attached hydrogens (primary N) is 1. The van der Waals surface area contributed by atoms with Crippen LogP contribution in [0.3, 0.4) is 0 Å². The SMILES string of the molecule is C.C=C[C@H]1OC2(CCCC3=CC(=O)/C(=C\O)C[C@@]32C)O[C@@H]1C=C.C=C[C@H]1OC2(CCCC3=Cc4c(cnn4-c4ccccc4)C[C@@]32C)O[C@@H]1C=C.Cl.NNc1ccccc1. The Hall–Kier alpha value is -4.81. The molecule has 2 aromatic carbocycles. The minimum atomic E-state index is -0.802. The van der Waals surface area contributed by atoms with E-state index in [-0.39, 0.29) is 55.4 Å². The topological polar surface area (TPSA) is 130 Å². The van der Waals surface area contributed by atoms with Crippen molar-refractivity contribution in [2.45, 2.75) is 109 Å². The van der Waals surface area contributed by atoms with Gasteiger partial charge in [0.1, 0.15) is 24.4 Å². The number of aromatic nitrogens is 2.